The Kier molecular flexibility index (Phi) is 5.98. The van der Waals surface area contributed by atoms with Crippen molar-refractivity contribution < 1.29 is 9.59 Å². The summed E-state index contributed by atoms with van der Waals surface area (Å²) in [6, 6.07) is 6.99. The number of benzene rings is 1. The predicted molar refractivity (Wildman–Crippen MR) is 93.9 cm³/mol. The van der Waals surface area contributed by atoms with Gasteiger partial charge in [-0.05, 0) is 37.5 Å². The molecule has 0 radical (unpaired) electrons. The molecule has 0 bridgehead atoms. The number of nitrogens with two attached hydrogens (primary N) is 1. The van der Waals surface area contributed by atoms with Crippen molar-refractivity contribution in [2.75, 3.05) is 17.6 Å². The molecule has 0 fully saturated rings. The maximum absolute atomic E-state index is 11.9. The Morgan fingerprint density at radius 2 is 2.16 bits per heavy atom. The van der Waals surface area contributed by atoms with Crippen LogP contribution in [0.2, 0.25) is 5.02 Å². The third kappa shape index (κ3) is 4.71. The minimum Gasteiger partial charge on any atom is -0.381 e. The first-order valence-corrected chi connectivity index (χ1v) is 7.88. The zero-order valence-corrected chi connectivity index (χ0v) is 14.3. The largest absolute Gasteiger partial charge is 0.381 e. The number of nitrogens with zero attached hydrogens (tertiary/aromatic N) is 2. The van der Waals surface area contributed by atoms with E-state index in [4.69, 9.17) is 22.6 Å². The molecule has 0 saturated heterocycles. The van der Waals surface area contributed by atoms with Crippen LogP contribution >= 0.6 is 11.6 Å². The second-order valence-electron chi connectivity index (χ2n) is 5.35. The van der Waals surface area contributed by atoms with Gasteiger partial charge in [-0.25, -0.2) is 0 Å². The predicted octanol–water partition coefficient (Wildman–Crippen LogP) is 1.51. The quantitative estimate of drug-likeness (QED) is 0.473. The van der Waals surface area contributed by atoms with Gasteiger partial charge < -0.3 is 16.4 Å². The van der Waals surface area contributed by atoms with E-state index in [2.05, 4.69) is 20.8 Å². The van der Waals surface area contributed by atoms with Crippen molar-refractivity contribution >= 4 is 34.9 Å². The molecular weight excluding hydrogens is 344 g/mol. The van der Waals surface area contributed by atoms with E-state index >= 15 is 0 Å². The molecule has 25 heavy (non-hydrogen) atoms. The van der Waals surface area contributed by atoms with Crippen LogP contribution in [0.4, 0.5) is 11.5 Å². The summed E-state index contributed by atoms with van der Waals surface area (Å²) in [5, 5.41) is 20.9. The van der Waals surface area contributed by atoms with Gasteiger partial charge in [0, 0.05) is 17.3 Å². The van der Waals surface area contributed by atoms with Gasteiger partial charge in [-0.15, -0.1) is 0 Å². The number of carbonyl (C=O) groups is 2. The van der Waals surface area contributed by atoms with Gasteiger partial charge in [0.05, 0.1) is 5.69 Å². The summed E-state index contributed by atoms with van der Waals surface area (Å²) in [5.41, 5.74) is 7.74. The summed E-state index contributed by atoms with van der Waals surface area (Å²) in [7, 11) is 0. The summed E-state index contributed by atoms with van der Waals surface area (Å²) < 4.78 is 0. The second-order valence-corrected chi connectivity index (χ2v) is 5.78. The van der Waals surface area contributed by atoms with Crippen LogP contribution < -0.4 is 16.4 Å². The fraction of sp³-hybridized carbons (Fsp3) is 0.250. The SMILES string of the molecule is Cc1ccc(Cl)cc1NC(=O)C(=O)NCCCc1[nH]nc(N)c1C#N. The minimum atomic E-state index is -0.770. The average molecular weight is 361 g/mol. The first-order valence-electron chi connectivity index (χ1n) is 7.50. The lowest BCUT2D eigenvalue weighted by Crippen LogP contribution is -2.36. The van der Waals surface area contributed by atoms with Gasteiger partial charge in [0.1, 0.15) is 11.6 Å². The van der Waals surface area contributed by atoms with Gasteiger partial charge in [0.2, 0.25) is 0 Å². The number of rotatable bonds is 5. The Morgan fingerprint density at radius 1 is 1.40 bits per heavy atom. The molecule has 2 rings (SSSR count). The Balaban J connectivity index is 1.81. The molecule has 2 aromatic rings. The average Bonchev–Trinajstić information content (AvgIpc) is 2.94. The lowest BCUT2D eigenvalue weighted by molar-refractivity contribution is -0.136. The third-order valence-electron chi connectivity index (χ3n) is 3.52. The molecule has 0 atom stereocenters. The van der Waals surface area contributed by atoms with E-state index in [1.165, 1.54) is 0 Å². The van der Waals surface area contributed by atoms with Crippen LogP contribution in [0.25, 0.3) is 0 Å². The van der Waals surface area contributed by atoms with E-state index in [1.807, 2.05) is 6.07 Å². The van der Waals surface area contributed by atoms with Crippen LogP contribution in [-0.2, 0) is 16.0 Å². The van der Waals surface area contributed by atoms with Crippen LogP contribution in [0.15, 0.2) is 18.2 Å². The Bertz CT molecular complexity index is 840. The summed E-state index contributed by atoms with van der Waals surface area (Å²) >= 11 is 5.88. The summed E-state index contributed by atoms with van der Waals surface area (Å²) in [6.07, 6.45) is 0.994. The highest BCUT2D eigenvalue weighted by Gasteiger charge is 2.15. The molecule has 130 valence electrons. The van der Waals surface area contributed by atoms with Gasteiger partial charge in [-0.1, -0.05) is 17.7 Å². The number of nitriles is 1. The van der Waals surface area contributed by atoms with E-state index in [1.54, 1.807) is 25.1 Å². The molecule has 0 unspecified atom stereocenters. The monoisotopic (exact) mass is 360 g/mol. The van der Waals surface area contributed by atoms with Gasteiger partial charge in [0.15, 0.2) is 5.82 Å². The van der Waals surface area contributed by atoms with E-state index in [-0.39, 0.29) is 12.4 Å². The molecule has 9 heteroatoms. The number of nitrogens with one attached hydrogen (secondary N) is 3. The van der Waals surface area contributed by atoms with Crippen LogP contribution in [0.1, 0.15) is 23.2 Å². The van der Waals surface area contributed by atoms with Crippen molar-refractivity contribution in [1.82, 2.24) is 15.5 Å². The highest BCUT2D eigenvalue weighted by molar-refractivity contribution is 6.40. The number of H-pyrrole nitrogens is 1. The van der Waals surface area contributed by atoms with E-state index in [0.717, 1.165) is 5.56 Å². The number of hydrogen-bond acceptors (Lipinski definition) is 5. The van der Waals surface area contributed by atoms with Crippen molar-refractivity contribution in [1.29, 1.82) is 5.26 Å². The fourth-order valence-electron chi connectivity index (χ4n) is 2.16. The molecule has 8 nitrogen and oxygen atoms in total. The van der Waals surface area contributed by atoms with Gasteiger partial charge >= 0.3 is 11.8 Å². The lowest BCUT2D eigenvalue weighted by atomic mass is 10.1. The van der Waals surface area contributed by atoms with Crippen molar-refractivity contribution in [2.24, 2.45) is 0 Å². The van der Waals surface area contributed by atoms with Crippen LogP contribution in [0, 0.1) is 18.3 Å². The van der Waals surface area contributed by atoms with Crippen LogP contribution in [-0.4, -0.2) is 28.6 Å². The maximum atomic E-state index is 11.9. The molecule has 1 aromatic heterocycles. The number of amides is 2. The topological polar surface area (TPSA) is 137 Å². The molecule has 0 aliphatic heterocycles. The van der Waals surface area contributed by atoms with E-state index in [9.17, 15) is 9.59 Å². The summed E-state index contributed by atoms with van der Waals surface area (Å²) in [5.74, 6) is -1.37. The second kappa shape index (κ2) is 8.17. The molecule has 1 aromatic carbocycles. The number of aryl methyl sites for hydroxylation is 2. The molecule has 5 N–H and O–H groups in total. The first kappa shape index (κ1) is 18.3. The van der Waals surface area contributed by atoms with E-state index < -0.39 is 11.8 Å². The smallest absolute Gasteiger partial charge is 0.313 e. The van der Waals surface area contributed by atoms with Crippen molar-refractivity contribution in [3.8, 4) is 6.07 Å². The Hall–Kier alpha value is -3.05. The van der Waals surface area contributed by atoms with Crippen molar-refractivity contribution in [3.63, 3.8) is 0 Å². The Morgan fingerprint density at radius 3 is 2.88 bits per heavy atom. The minimum absolute atomic E-state index is 0.151. The zero-order chi connectivity index (χ0) is 18.4. The lowest BCUT2D eigenvalue weighted by Gasteiger charge is -2.09. The van der Waals surface area contributed by atoms with Crippen LogP contribution in [0.3, 0.4) is 0 Å². The number of anilines is 2. The fourth-order valence-corrected chi connectivity index (χ4v) is 2.33. The molecule has 1 heterocycles. The number of carbonyl (C=O) groups excluding carboxylic acids is 2. The van der Waals surface area contributed by atoms with E-state index in [0.29, 0.717) is 34.8 Å². The molecule has 0 aliphatic rings. The first-order chi connectivity index (χ1) is 11.9. The molecule has 0 saturated carbocycles. The number of halogens is 1. The molecular formula is C16H17ClN6O2. The van der Waals surface area contributed by atoms with Crippen molar-refractivity contribution in [2.45, 2.75) is 19.8 Å². The Labute approximate surface area is 149 Å². The third-order valence-corrected chi connectivity index (χ3v) is 3.76. The molecule has 0 aliphatic carbocycles. The summed E-state index contributed by atoms with van der Waals surface area (Å²) in [6.45, 7) is 2.07. The number of nitrogen functional groups attached to an aromatic ring is 1. The maximum Gasteiger partial charge on any atom is 0.313 e. The molecule has 0 spiro atoms. The van der Waals surface area contributed by atoms with Gasteiger partial charge in [0.25, 0.3) is 0 Å². The number of aromatic nitrogens is 2. The highest BCUT2D eigenvalue weighted by atomic mass is 35.5. The van der Waals surface area contributed by atoms with Gasteiger partial charge in [-0.2, -0.15) is 10.4 Å². The van der Waals surface area contributed by atoms with Gasteiger partial charge in [-0.3, -0.25) is 14.7 Å². The summed E-state index contributed by atoms with van der Waals surface area (Å²) in [4.78, 5) is 23.7. The normalized spacial score (nSPS) is 10.1. The zero-order valence-electron chi connectivity index (χ0n) is 13.5. The number of aromatic amines is 1. The highest BCUT2D eigenvalue weighted by Crippen LogP contribution is 2.20. The number of hydrogen-bond donors (Lipinski definition) is 4. The van der Waals surface area contributed by atoms with Crippen molar-refractivity contribution in [3.05, 3.63) is 40.0 Å². The van der Waals surface area contributed by atoms with Crippen LogP contribution in [0.5, 0.6) is 0 Å². The molecule has 2 amide bonds. The standard InChI is InChI=1S/C16H17ClN6O2/c1-9-4-5-10(17)7-13(9)21-16(25)15(24)20-6-2-3-12-11(8-18)14(19)23-22-12/h4-5,7H,2-3,6H2,1H3,(H,20,24)(H,21,25)(H3,19,22,23).